The van der Waals surface area contributed by atoms with Crippen LogP contribution in [0.2, 0.25) is 0 Å². The SMILES string of the molecule is C1=CC(c2cccc(-c3ccc(-n4c5ccccc5c5c6c7ccccc7n(-c7cccc(-c8ccc(-c9ccccc9)cc8)c7)c6ccc54)cc3)c2)=CCC1. The van der Waals surface area contributed by atoms with E-state index in [1.807, 2.05) is 0 Å². The van der Waals surface area contributed by atoms with E-state index < -0.39 is 0 Å². The van der Waals surface area contributed by atoms with E-state index >= 15 is 0 Å². The quantitative estimate of drug-likeness (QED) is 0.162. The maximum absolute atomic E-state index is 2.44. The van der Waals surface area contributed by atoms with Gasteiger partial charge in [0.05, 0.1) is 22.1 Å². The van der Waals surface area contributed by atoms with Gasteiger partial charge < -0.3 is 9.13 Å². The summed E-state index contributed by atoms with van der Waals surface area (Å²) in [7, 11) is 0. The highest BCUT2D eigenvalue weighted by Crippen LogP contribution is 2.43. The fourth-order valence-corrected chi connectivity index (χ4v) is 8.89. The molecule has 11 rings (SSSR count). The molecule has 0 atom stereocenters. The van der Waals surface area contributed by atoms with Crippen LogP contribution in [0.3, 0.4) is 0 Å². The van der Waals surface area contributed by atoms with Crippen molar-refractivity contribution in [3.8, 4) is 44.8 Å². The summed E-state index contributed by atoms with van der Waals surface area (Å²) in [6, 6.07) is 68.9. The standard InChI is InChI=1S/C54H38N2/c1-3-13-37(14-4-1)39-25-27-40(28-26-39)44-19-12-20-46(36-44)56-50-24-10-8-22-48(50)54-52(56)34-33-51-53(54)47-21-7-9-23-49(47)55(51)45-31-29-41(30-32-45)43-18-11-17-42(35-43)38-15-5-2-6-16-38/h1,3-5,7-36H,2,6H2. The van der Waals surface area contributed by atoms with E-state index in [-0.39, 0.29) is 0 Å². The van der Waals surface area contributed by atoms with Crippen LogP contribution in [0, 0.1) is 0 Å². The molecule has 1 aliphatic rings. The van der Waals surface area contributed by atoms with Crippen LogP contribution >= 0.6 is 0 Å². The third kappa shape index (κ3) is 5.33. The van der Waals surface area contributed by atoms with Crippen LogP contribution in [0.5, 0.6) is 0 Å². The third-order valence-corrected chi connectivity index (χ3v) is 11.6. The Kier molecular flexibility index (Phi) is 7.67. The number of benzene rings is 8. The molecule has 0 saturated heterocycles. The van der Waals surface area contributed by atoms with Crippen LogP contribution < -0.4 is 0 Å². The Morgan fingerprint density at radius 3 is 1.46 bits per heavy atom. The van der Waals surface area contributed by atoms with Gasteiger partial charge in [0.15, 0.2) is 0 Å². The molecule has 0 radical (unpaired) electrons. The van der Waals surface area contributed by atoms with Gasteiger partial charge in [-0.3, -0.25) is 0 Å². The molecule has 2 heterocycles. The summed E-state index contributed by atoms with van der Waals surface area (Å²) in [6.07, 6.45) is 9.11. The van der Waals surface area contributed by atoms with Gasteiger partial charge in [-0.15, -0.1) is 0 Å². The normalized spacial score (nSPS) is 12.9. The lowest BCUT2D eigenvalue weighted by atomic mass is 9.96. The van der Waals surface area contributed by atoms with Crippen molar-refractivity contribution in [3.63, 3.8) is 0 Å². The molecule has 0 saturated carbocycles. The maximum atomic E-state index is 2.44. The largest absolute Gasteiger partial charge is 0.309 e. The Balaban J connectivity index is 1.04. The summed E-state index contributed by atoms with van der Waals surface area (Å²) in [5.74, 6) is 0. The summed E-state index contributed by atoms with van der Waals surface area (Å²) in [4.78, 5) is 0. The van der Waals surface area contributed by atoms with Crippen molar-refractivity contribution < 1.29 is 0 Å². The summed E-state index contributed by atoms with van der Waals surface area (Å²) in [5, 5.41) is 5.08. The Hall–Kier alpha value is -7.16. The second-order valence-electron chi connectivity index (χ2n) is 14.8. The van der Waals surface area contributed by atoms with E-state index in [1.54, 1.807) is 0 Å². The van der Waals surface area contributed by atoms with Crippen LogP contribution in [0.25, 0.3) is 93.9 Å². The zero-order valence-electron chi connectivity index (χ0n) is 30.9. The number of aromatic nitrogens is 2. The van der Waals surface area contributed by atoms with E-state index in [9.17, 15) is 0 Å². The van der Waals surface area contributed by atoms with E-state index in [4.69, 9.17) is 0 Å². The minimum absolute atomic E-state index is 1.11. The van der Waals surface area contributed by atoms with E-state index in [2.05, 4.69) is 215 Å². The van der Waals surface area contributed by atoms with Gasteiger partial charge >= 0.3 is 0 Å². The number of para-hydroxylation sites is 2. The van der Waals surface area contributed by atoms with Crippen molar-refractivity contribution in [1.29, 1.82) is 0 Å². The van der Waals surface area contributed by atoms with Crippen LogP contribution in [0.1, 0.15) is 18.4 Å². The predicted molar refractivity (Wildman–Crippen MR) is 238 cm³/mol. The van der Waals surface area contributed by atoms with Crippen molar-refractivity contribution >= 4 is 49.2 Å². The maximum Gasteiger partial charge on any atom is 0.0548 e. The number of fused-ring (bicyclic) bond motifs is 7. The topological polar surface area (TPSA) is 9.86 Å². The predicted octanol–water partition coefficient (Wildman–Crippen LogP) is 14.6. The van der Waals surface area contributed by atoms with Gasteiger partial charge in [0, 0.05) is 32.9 Å². The molecule has 0 bridgehead atoms. The molecule has 10 aromatic rings. The van der Waals surface area contributed by atoms with Crippen LogP contribution in [0.15, 0.2) is 206 Å². The summed E-state index contributed by atoms with van der Waals surface area (Å²) in [5.41, 5.74) is 17.0. The average molecular weight is 715 g/mol. The van der Waals surface area contributed by atoms with Gasteiger partial charge in [-0.25, -0.2) is 0 Å². The fraction of sp³-hybridized carbons (Fsp3) is 0.0370. The Bertz CT molecular complexity index is 3150. The summed E-state index contributed by atoms with van der Waals surface area (Å²) in [6.45, 7) is 0. The Labute approximate surface area is 326 Å². The highest BCUT2D eigenvalue weighted by atomic mass is 15.0. The molecule has 1 aliphatic carbocycles. The molecule has 8 aromatic carbocycles. The molecule has 2 heteroatoms. The van der Waals surface area contributed by atoms with Gasteiger partial charge in [0.1, 0.15) is 0 Å². The molecule has 56 heavy (non-hydrogen) atoms. The molecule has 2 aromatic heterocycles. The van der Waals surface area contributed by atoms with Gasteiger partial charge in [-0.2, -0.15) is 0 Å². The van der Waals surface area contributed by atoms with Crippen molar-refractivity contribution in [1.82, 2.24) is 9.13 Å². The van der Waals surface area contributed by atoms with Crippen molar-refractivity contribution in [3.05, 3.63) is 212 Å². The minimum Gasteiger partial charge on any atom is -0.309 e. The number of allylic oxidation sites excluding steroid dienone is 4. The molecule has 2 nitrogen and oxygen atoms in total. The first kappa shape index (κ1) is 32.3. The van der Waals surface area contributed by atoms with E-state index in [0.717, 1.165) is 24.2 Å². The van der Waals surface area contributed by atoms with Crippen LogP contribution in [0.4, 0.5) is 0 Å². The van der Waals surface area contributed by atoms with E-state index in [0.29, 0.717) is 0 Å². The van der Waals surface area contributed by atoms with Crippen molar-refractivity contribution in [2.24, 2.45) is 0 Å². The Morgan fingerprint density at radius 1 is 0.321 bits per heavy atom. The second-order valence-corrected chi connectivity index (χ2v) is 14.8. The zero-order chi connectivity index (χ0) is 37.0. The Morgan fingerprint density at radius 2 is 0.821 bits per heavy atom. The van der Waals surface area contributed by atoms with Crippen molar-refractivity contribution in [2.75, 3.05) is 0 Å². The lowest BCUT2D eigenvalue weighted by Crippen LogP contribution is -1.95. The highest BCUT2D eigenvalue weighted by molar-refractivity contribution is 6.28. The van der Waals surface area contributed by atoms with Crippen LogP contribution in [-0.2, 0) is 0 Å². The number of hydrogen-bond acceptors (Lipinski definition) is 0. The number of hydrogen-bond donors (Lipinski definition) is 0. The fourth-order valence-electron chi connectivity index (χ4n) is 8.89. The number of rotatable bonds is 6. The van der Waals surface area contributed by atoms with Crippen molar-refractivity contribution in [2.45, 2.75) is 12.8 Å². The molecule has 0 fully saturated rings. The summed E-state index contributed by atoms with van der Waals surface area (Å²) >= 11 is 0. The first-order chi connectivity index (χ1) is 27.8. The summed E-state index contributed by atoms with van der Waals surface area (Å²) < 4.78 is 4.88. The lowest BCUT2D eigenvalue weighted by Gasteiger charge is -2.12. The van der Waals surface area contributed by atoms with Crippen LogP contribution in [-0.4, -0.2) is 9.13 Å². The molecule has 0 amide bonds. The second kappa shape index (κ2) is 13.3. The zero-order valence-corrected chi connectivity index (χ0v) is 30.9. The number of nitrogens with zero attached hydrogens (tertiary/aromatic N) is 2. The monoisotopic (exact) mass is 714 g/mol. The molecule has 0 unspecified atom stereocenters. The molecular formula is C54H38N2. The first-order valence-electron chi connectivity index (χ1n) is 19.6. The molecule has 0 spiro atoms. The lowest BCUT2D eigenvalue weighted by molar-refractivity contribution is 1.04. The molecule has 0 N–H and O–H groups in total. The van der Waals surface area contributed by atoms with E-state index in [1.165, 1.54) is 88.1 Å². The molecule has 264 valence electrons. The van der Waals surface area contributed by atoms with Gasteiger partial charge in [-0.05, 0) is 112 Å². The highest BCUT2D eigenvalue weighted by Gasteiger charge is 2.20. The first-order valence-corrected chi connectivity index (χ1v) is 19.6. The van der Waals surface area contributed by atoms with Gasteiger partial charge in [0.2, 0.25) is 0 Å². The third-order valence-electron chi connectivity index (χ3n) is 11.6. The minimum atomic E-state index is 1.11. The average Bonchev–Trinajstić information content (AvgIpc) is 3.80. The molecular weight excluding hydrogens is 677 g/mol. The molecule has 0 aliphatic heterocycles. The smallest absolute Gasteiger partial charge is 0.0548 e. The van der Waals surface area contributed by atoms with Gasteiger partial charge in [-0.1, -0.05) is 152 Å². The van der Waals surface area contributed by atoms with Gasteiger partial charge in [0.25, 0.3) is 0 Å².